The van der Waals surface area contributed by atoms with Crippen LogP contribution in [0.25, 0.3) is 0 Å². The molecule has 0 saturated carbocycles. The molecule has 6 heteroatoms. The van der Waals surface area contributed by atoms with E-state index < -0.39 is 10.0 Å². The van der Waals surface area contributed by atoms with E-state index in [2.05, 4.69) is 11.8 Å². The van der Waals surface area contributed by atoms with E-state index in [4.69, 9.17) is 11.6 Å². The number of likely N-dealkylation sites (tertiary alicyclic amines) is 1. The van der Waals surface area contributed by atoms with Gasteiger partial charge in [0.1, 0.15) is 0 Å². The minimum Gasteiger partial charge on any atom is -0.303 e. The maximum absolute atomic E-state index is 12.7. The van der Waals surface area contributed by atoms with Crippen molar-refractivity contribution in [3.63, 3.8) is 0 Å². The van der Waals surface area contributed by atoms with Crippen LogP contribution in [0.2, 0.25) is 5.02 Å². The third-order valence-electron chi connectivity index (χ3n) is 5.28. The first-order chi connectivity index (χ1) is 11.4. The molecule has 1 aromatic carbocycles. The molecule has 2 aliphatic heterocycles. The van der Waals surface area contributed by atoms with Crippen LogP contribution in [-0.4, -0.2) is 50.3 Å². The quantitative estimate of drug-likeness (QED) is 0.814. The number of halogens is 1. The molecule has 0 aromatic heterocycles. The van der Waals surface area contributed by atoms with Gasteiger partial charge in [-0.15, -0.1) is 0 Å². The maximum atomic E-state index is 12.7. The van der Waals surface area contributed by atoms with Crippen molar-refractivity contribution in [1.82, 2.24) is 9.21 Å². The normalized spacial score (nSPS) is 25.0. The predicted octanol–water partition coefficient (Wildman–Crippen LogP) is 3.47. The van der Waals surface area contributed by atoms with E-state index in [1.807, 2.05) is 0 Å². The van der Waals surface area contributed by atoms with Gasteiger partial charge in [0.2, 0.25) is 10.0 Å². The van der Waals surface area contributed by atoms with Gasteiger partial charge in [-0.1, -0.05) is 18.5 Å². The number of benzene rings is 1. The highest BCUT2D eigenvalue weighted by atomic mass is 35.5. The number of rotatable bonds is 4. The molecule has 2 fully saturated rings. The van der Waals surface area contributed by atoms with E-state index in [-0.39, 0.29) is 0 Å². The molecule has 0 aliphatic carbocycles. The fraction of sp³-hybridized carbons (Fsp3) is 0.667. The lowest BCUT2D eigenvalue weighted by atomic mass is 9.94. The minimum absolute atomic E-state index is 0.343. The Hall–Kier alpha value is -0.620. The molecular weight excluding hydrogens is 344 g/mol. The lowest BCUT2D eigenvalue weighted by molar-refractivity contribution is 0.136. The molecule has 0 spiro atoms. The van der Waals surface area contributed by atoms with E-state index in [9.17, 15) is 8.42 Å². The van der Waals surface area contributed by atoms with Crippen LogP contribution in [0, 0.1) is 11.8 Å². The Bertz CT molecular complexity index is 639. The van der Waals surface area contributed by atoms with Gasteiger partial charge in [0, 0.05) is 31.2 Å². The van der Waals surface area contributed by atoms with Gasteiger partial charge in [0.05, 0.1) is 4.90 Å². The van der Waals surface area contributed by atoms with Crippen LogP contribution in [0.5, 0.6) is 0 Å². The molecule has 134 valence electrons. The molecule has 24 heavy (non-hydrogen) atoms. The van der Waals surface area contributed by atoms with Crippen molar-refractivity contribution in [1.29, 1.82) is 0 Å². The Morgan fingerprint density at radius 3 is 2.38 bits per heavy atom. The zero-order valence-corrected chi connectivity index (χ0v) is 15.9. The fourth-order valence-electron chi connectivity index (χ4n) is 3.91. The molecule has 1 atom stereocenters. The number of nitrogens with zero attached hydrogens (tertiary/aromatic N) is 2. The number of sulfonamides is 1. The van der Waals surface area contributed by atoms with E-state index in [0.29, 0.717) is 28.9 Å². The van der Waals surface area contributed by atoms with Crippen LogP contribution in [0.4, 0.5) is 0 Å². The zero-order valence-electron chi connectivity index (χ0n) is 14.3. The fourth-order valence-corrected chi connectivity index (χ4v) is 5.50. The zero-order chi connectivity index (χ0) is 17.2. The van der Waals surface area contributed by atoms with Crippen LogP contribution < -0.4 is 0 Å². The summed E-state index contributed by atoms with van der Waals surface area (Å²) in [5, 5.41) is 0.559. The molecule has 1 aromatic rings. The largest absolute Gasteiger partial charge is 0.303 e. The van der Waals surface area contributed by atoms with Crippen molar-refractivity contribution >= 4 is 21.6 Å². The molecule has 2 aliphatic rings. The summed E-state index contributed by atoms with van der Waals surface area (Å²) in [6, 6.07) is 6.47. The number of hydrogen-bond donors (Lipinski definition) is 0. The minimum atomic E-state index is -3.38. The van der Waals surface area contributed by atoms with E-state index in [1.54, 1.807) is 28.6 Å². The smallest absolute Gasteiger partial charge is 0.243 e. The highest BCUT2D eigenvalue weighted by molar-refractivity contribution is 7.89. The van der Waals surface area contributed by atoms with E-state index in [0.717, 1.165) is 25.3 Å². The Morgan fingerprint density at radius 1 is 1.08 bits per heavy atom. The molecule has 2 heterocycles. The van der Waals surface area contributed by atoms with Gasteiger partial charge >= 0.3 is 0 Å². The van der Waals surface area contributed by atoms with Gasteiger partial charge in [-0.25, -0.2) is 8.42 Å². The van der Waals surface area contributed by atoms with Crippen molar-refractivity contribution in [3.8, 4) is 0 Å². The Morgan fingerprint density at radius 2 is 1.75 bits per heavy atom. The molecular formula is C18H27ClN2O2S. The summed E-state index contributed by atoms with van der Waals surface area (Å²) in [5.74, 6) is 1.41. The van der Waals surface area contributed by atoms with Gasteiger partial charge in [0.25, 0.3) is 0 Å². The van der Waals surface area contributed by atoms with Crippen LogP contribution >= 0.6 is 11.6 Å². The van der Waals surface area contributed by atoms with Crippen LogP contribution in [0.15, 0.2) is 29.2 Å². The van der Waals surface area contributed by atoms with Gasteiger partial charge in [0.15, 0.2) is 0 Å². The van der Waals surface area contributed by atoms with E-state index in [1.165, 1.54) is 25.9 Å². The average Bonchev–Trinajstić information content (AvgIpc) is 2.56. The summed E-state index contributed by atoms with van der Waals surface area (Å²) in [5.41, 5.74) is 0. The van der Waals surface area contributed by atoms with Crippen molar-refractivity contribution in [3.05, 3.63) is 29.3 Å². The second-order valence-corrected chi connectivity index (χ2v) is 9.68. The average molecular weight is 371 g/mol. The molecule has 3 rings (SSSR count). The summed E-state index contributed by atoms with van der Waals surface area (Å²) in [6.45, 7) is 7.10. The summed E-state index contributed by atoms with van der Waals surface area (Å²) in [7, 11) is -3.38. The lowest BCUT2D eigenvalue weighted by Gasteiger charge is -2.37. The highest BCUT2D eigenvalue weighted by Gasteiger charge is 2.30. The summed E-state index contributed by atoms with van der Waals surface area (Å²) >= 11 is 5.86. The maximum Gasteiger partial charge on any atom is 0.243 e. The third-order valence-corrected chi connectivity index (χ3v) is 7.45. The van der Waals surface area contributed by atoms with Gasteiger partial charge in [-0.3, -0.25) is 0 Å². The summed E-state index contributed by atoms with van der Waals surface area (Å²) < 4.78 is 27.1. The van der Waals surface area contributed by atoms with Crippen LogP contribution in [0.3, 0.4) is 0 Å². The van der Waals surface area contributed by atoms with Crippen molar-refractivity contribution in [2.75, 3.05) is 32.7 Å². The molecule has 4 nitrogen and oxygen atoms in total. The highest BCUT2D eigenvalue weighted by Crippen LogP contribution is 2.26. The Balaban J connectivity index is 1.55. The Kier molecular flexibility index (Phi) is 5.85. The third kappa shape index (κ3) is 4.31. The first-order valence-electron chi connectivity index (χ1n) is 8.93. The van der Waals surface area contributed by atoms with Crippen LogP contribution in [0.1, 0.15) is 32.6 Å². The predicted molar refractivity (Wildman–Crippen MR) is 97.8 cm³/mol. The summed E-state index contributed by atoms with van der Waals surface area (Å²) in [6.07, 6.45) is 4.55. The first-order valence-corrected chi connectivity index (χ1v) is 10.7. The molecule has 0 radical (unpaired) electrons. The van der Waals surface area contributed by atoms with Gasteiger partial charge in [-0.2, -0.15) is 4.31 Å². The molecule has 0 N–H and O–H groups in total. The molecule has 0 unspecified atom stereocenters. The SMILES string of the molecule is C[C@H]1CCCN(CC2CCN(S(=O)(=O)c3ccc(Cl)cc3)CC2)C1. The number of hydrogen-bond acceptors (Lipinski definition) is 3. The molecule has 2 saturated heterocycles. The van der Waals surface area contributed by atoms with Crippen molar-refractivity contribution in [2.45, 2.75) is 37.5 Å². The standard InChI is InChI=1S/C18H27ClN2O2S/c1-15-3-2-10-20(13-15)14-16-8-11-21(12-9-16)24(22,23)18-6-4-17(19)5-7-18/h4-7,15-16H,2-3,8-14H2,1H3/t15-/m0/s1. The molecule has 0 amide bonds. The van der Waals surface area contributed by atoms with Crippen molar-refractivity contribution in [2.24, 2.45) is 11.8 Å². The lowest BCUT2D eigenvalue weighted by Crippen LogP contribution is -2.43. The Labute approximate surface area is 150 Å². The van der Waals surface area contributed by atoms with E-state index >= 15 is 0 Å². The second-order valence-electron chi connectivity index (χ2n) is 7.31. The first kappa shape index (κ1) is 18.2. The van der Waals surface area contributed by atoms with Gasteiger partial charge in [-0.05, 0) is 68.3 Å². The topological polar surface area (TPSA) is 40.6 Å². The number of piperidine rings is 2. The molecule has 0 bridgehead atoms. The van der Waals surface area contributed by atoms with Gasteiger partial charge < -0.3 is 4.90 Å². The van der Waals surface area contributed by atoms with Crippen molar-refractivity contribution < 1.29 is 8.42 Å². The monoisotopic (exact) mass is 370 g/mol. The second kappa shape index (κ2) is 7.73. The summed E-state index contributed by atoms with van der Waals surface area (Å²) in [4.78, 5) is 2.91. The van der Waals surface area contributed by atoms with Crippen LogP contribution in [-0.2, 0) is 10.0 Å².